The number of fused-ring (bicyclic) bond motifs is 7. The van der Waals surface area contributed by atoms with Gasteiger partial charge < -0.3 is 9.13 Å². The van der Waals surface area contributed by atoms with Crippen molar-refractivity contribution >= 4 is 43.6 Å². The summed E-state index contributed by atoms with van der Waals surface area (Å²) in [6, 6.07) is 31.2. The molecule has 0 bridgehead atoms. The Balaban J connectivity index is 1.44. The Kier molecular flexibility index (Phi) is 4.03. The summed E-state index contributed by atoms with van der Waals surface area (Å²) >= 11 is 0. The normalized spacial score (nSPS) is 14.8. The van der Waals surface area contributed by atoms with Crippen molar-refractivity contribution in [3.05, 3.63) is 175 Å². The van der Waals surface area contributed by atoms with Crippen LogP contribution in [0.3, 0.4) is 0 Å². The number of rotatable bonds is 5. The van der Waals surface area contributed by atoms with E-state index in [1.807, 2.05) is 109 Å². The van der Waals surface area contributed by atoms with Crippen LogP contribution >= 0.6 is 0 Å². The minimum Gasteiger partial charge on any atom is -0.335 e. The minimum atomic E-state index is -0.474. The van der Waals surface area contributed by atoms with Crippen LogP contribution in [0.2, 0.25) is 0 Å². The van der Waals surface area contributed by atoms with Gasteiger partial charge in [0.1, 0.15) is 0 Å². The highest BCUT2D eigenvalue weighted by atomic mass is 15.0. The van der Waals surface area contributed by atoms with E-state index in [2.05, 4.69) is 0 Å². The van der Waals surface area contributed by atoms with Crippen LogP contribution in [0.25, 0.3) is 71.6 Å². The molecule has 0 fully saturated rings. The molecule has 7 aromatic carbocycles. The van der Waals surface area contributed by atoms with Crippen LogP contribution < -0.4 is 0 Å². The molecular formula is C43H30N2. The monoisotopic (exact) mass is 584 g/mol. The van der Waals surface area contributed by atoms with Gasteiger partial charge in [0.2, 0.25) is 0 Å². The fraction of sp³-hybridized carbons (Fsp3) is 0.0233. The summed E-state index contributed by atoms with van der Waals surface area (Å²) in [6.07, 6.45) is 0. The number of nitrogens with zero attached hydrogens (tertiary/aromatic N) is 2. The number of aromatic nitrogens is 2. The van der Waals surface area contributed by atoms with Crippen LogP contribution in [0.4, 0.5) is 0 Å². The second-order valence-electron chi connectivity index (χ2n) is 11.0. The van der Waals surface area contributed by atoms with Gasteiger partial charge in [0.15, 0.2) is 0 Å². The zero-order valence-electron chi connectivity index (χ0n) is 34.0. The molecule has 9 rings (SSSR count). The maximum absolute atomic E-state index is 9.52. The summed E-state index contributed by atoms with van der Waals surface area (Å²) in [4.78, 5) is 0. The Morgan fingerprint density at radius 2 is 1.00 bits per heavy atom. The van der Waals surface area contributed by atoms with Crippen LogP contribution in [0.5, 0.6) is 0 Å². The van der Waals surface area contributed by atoms with E-state index >= 15 is 0 Å². The average molecular weight is 585 g/mol. The lowest BCUT2D eigenvalue weighted by molar-refractivity contribution is 0.872. The molecule has 45 heavy (non-hydrogen) atoms. The highest BCUT2D eigenvalue weighted by Crippen LogP contribution is 2.41. The number of hydrogen-bond donors (Lipinski definition) is 0. The zero-order valence-corrected chi connectivity index (χ0v) is 24.0. The Bertz CT molecular complexity index is 3030. The minimum absolute atomic E-state index is 0.0799. The van der Waals surface area contributed by atoms with Gasteiger partial charge in [-0.3, -0.25) is 0 Å². The molecule has 0 radical (unpaired) electrons. The summed E-state index contributed by atoms with van der Waals surface area (Å²) in [5.74, 6) is 0. The molecule has 0 atom stereocenters. The fourth-order valence-electron chi connectivity index (χ4n) is 6.37. The molecule has 2 heteroatoms. The smallest absolute Gasteiger partial charge is 0.0645 e. The molecule has 0 aliphatic rings. The van der Waals surface area contributed by atoms with Crippen molar-refractivity contribution in [3.8, 4) is 27.9 Å². The molecule has 0 N–H and O–H groups in total. The van der Waals surface area contributed by atoms with Crippen molar-refractivity contribution in [1.82, 2.24) is 9.13 Å². The molecule has 2 aromatic heterocycles. The van der Waals surface area contributed by atoms with Crippen LogP contribution in [-0.4, -0.2) is 9.13 Å². The lowest BCUT2D eigenvalue weighted by atomic mass is 10.0. The molecule has 2 nitrogen and oxygen atoms in total. The summed E-state index contributed by atoms with van der Waals surface area (Å²) in [5, 5.41) is 0.590. The summed E-state index contributed by atoms with van der Waals surface area (Å²) in [5.41, 5.74) is 5.95. The maximum atomic E-state index is 9.52. The van der Waals surface area contributed by atoms with Gasteiger partial charge in [-0.1, -0.05) is 139 Å². The van der Waals surface area contributed by atoms with Crippen molar-refractivity contribution in [2.75, 3.05) is 0 Å². The lowest BCUT2D eigenvalue weighted by Crippen LogP contribution is -2.00. The predicted octanol–water partition coefficient (Wildman–Crippen LogP) is 11.3. The van der Waals surface area contributed by atoms with Crippen LogP contribution in [-0.2, 0) is 6.54 Å². The van der Waals surface area contributed by atoms with E-state index in [9.17, 15) is 5.48 Å². The Labute approximate surface area is 276 Å². The quantitative estimate of drug-likeness (QED) is 0.190. The van der Waals surface area contributed by atoms with E-state index in [4.69, 9.17) is 8.22 Å². The standard InChI is InChI=1S/C43H30N2/c1-3-11-31(12-4-1)33-21-19-30(20-22-33)29-44-39-17-9-7-15-36(39)37-27-28-41-42(43(37)44)38-16-8-10-18-40(38)45(41)35-25-23-34(24-26-35)32-13-5-2-6-14-32/h1-28H,29H2/i7D,8D,9D,10D,15D,16D,17D,18D,27D,28D. The first-order chi connectivity index (χ1) is 26.5. The Morgan fingerprint density at radius 1 is 0.444 bits per heavy atom. The second-order valence-corrected chi connectivity index (χ2v) is 11.0. The van der Waals surface area contributed by atoms with Gasteiger partial charge in [-0.15, -0.1) is 0 Å². The van der Waals surface area contributed by atoms with Gasteiger partial charge in [-0.25, -0.2) is 0 Å². The van der Waals surface area contributed by atoms with E-state index in [1.165, 1.54) is 0 Å². The van der Waals surface area contributed by atoms with Crippen LogP contribution in [0, 0.1) is 0 Å². The third kappa shape index (κ3) is 4.18. The van der Waals surface area contributed by atoms with E-state index in [0.29, 0.717) is 11.2 Å². The first-order valence-corrected chi connectivity index (χ1v) is 14.8. The third-order valence-corrected chi connectivity index (χ3v) is 8.47. The molecule has 0 spiro atoms. The molecule has 0 amide bonds. The predicted molar refractivity (Wildman–Crippen MR) is 190 cm³/mol. The van der Waals surface area contributed by atoms with Crippen molar-refractivity contribution in [1.29, 1.82) is 0 Å². The van der Waals surface area contributed by atoms with E-state index in [0.717, 1.165) is 27.8 Å². The largest absolute Gasteiger partial charge is 0.335 e. The van der Waals surface area contributed by atoms with E-state index in [1.54, 1.807) is 9.13 Å². The molecule has 0 aliphatic heterocycles. The molecule has 2 heterocycles. The first-order valence-electron chi connectivity index (χ1n) is 19.8. The Hall–Kier alpha value is -5.86. The topological polar surface area (TPSA) is 9.86 Å². The van der Waals surface area contributed by atoms with Crippen molar-refractivity contribution in [2.24, 2.45) is 0 Å². The molecule has 0 unspecified atom stereocenters. The number of para-hydroxylation sites is 2. The van der Waals surface area contributed by atoms with Gasteiger partial charge >= 0.3 is 0 Å². The number of hydrogen-bond acceptors (Lipinski definition) is 0. The molecule has 212 valence electrons. The molecule has 9 aromatic rings. The van der Waals surface area contributed by atoms with Crippen molar-refractivity contribution < 1.29 is 13.7 Å². The molecule has 0 saturated heterocycles. The summed E-state index contributed by atoms with van der Waals surface area (Å²) in [6.45, 7) is 0.104. The van der Waals surface area contributed by atoms with Gasteiger partial charge in [-0.2, -0.15) is 0 Å². The fourth-order valence-corrected chi connectivity index (χ4v) is 6.37. The highest BCUT2D eigenvalue weighted by Gasteiger charge is 2.20. The summed E-state index contributed by atoms with van der Waals surface area (Å²) in [7, 11) is 0. The SMILES string of the molecule is [2H]c1c([2H])c([2H])c2c(c1[2H])c1c([2H])c([2H])c3c(c4c([2H])c([2H])c([2H])c([2H])c4n3-c3ccc(-c4ccccc4)cc3)c1n2Cc1ccc(-c2ccccc2)cc1. The molecular weight excluding hydrogens is 544 g/mol. The summed E-state index contributed by atoms with van der Waals surface area (Å²) < 4.78 is 93.6. The lowest BCUT2D eigenvalue weighted by Gasteiger charge is -2.11. The first kappa shape index (κ1) is 17.4. The van der Waals surface area contributed by atoms with Crippen molar-refractivity contribution in [3.63, 3.8) is 0 Å². The third-order valence-electron chi connectivity index (χ3n) is 8.47. The van der Waals surface area contributed by atoms with E-state index < -0.39 is 24.2 Å². The second kappa shape index (κ2) is 10.4. The Morgan fingerprint density at radius 3 is 1.67 bits per heavy atom. The van der Waals surface area contributed by atoms with Crippen molar-refractivity contribution in [2.45, 2.75) is 6.54 Å². The highest BCUT2D eigenvalue weighted by molar-refractivity contribution is 6.25. The van der Waals surface area contributed by atoms with Gasteiger partial charge in [-0.05, 0) is 58.1 Å². The van der Waals surface area contributed by atoms with Gasteiger partial charge in [0.05, 0.1) is 30.3 Å². The average Bonchev–Trinajstić information content (AvgIpc) is 3.75. The number of benzene rings is 7. The zero-order chi connectivity index (χ0) is 38.4. The molecule has 0 aliphatic carbocycles. The van der Waals surface area contributed by atoms with Gasteiger partial charge in [0, 0.05) is 39.3 Å². The maximum Gasteiger partial charge on any atom is 0.0645 e. The molecule has 0 saturated carbocycles. The van der Waals surface area contributed by atoms with Gasteiger partial charge in [0.25, 0.3) is 0 Å². The van der Waals surface area contributed by atoms with Crippen LogP contribution in [0.15, 0.2) is 170 Å². The van der Waals surface area contributed by atoms with Crippen LogP contribution in [0.1, 0.15) is 19.3 Å². The van der Waals surface area contributed by atoms with E-state index in [-0.39, 0.29) is 80.9 Å².